The summed E-state index contributed by atoms with van der Waals surface area (Å²) in [5.74, 6) is 0. The van der Waals surface area contributed by atoms with E-state index in [1.54, 1.807) is 10.9 Å². The highest BCUT2D eigenvalue weighted by molar-refractivity contribution is 5.25. The Morgan fingerprint density at radius 1 is 1.29 bits per heavy atom. The molecule has 0 amide bonds. The number of benzene rings is 1. The van der Waals surface area contributed by atoms with Gasteiger partial charge in [-0.05, 0) is 5.56 Å². The third-order valence-electron chi connectivity index (χ3n) is 2.23. The average molecular weight is 188 g/mol. The number of aromatic nitrogens is 3. The van der Waals surface area contributed by atoms with Crippen molar-refractivity contribution in [2.45, 2.75) is 6.04 Å². The molecule has 1 atom stereocenters. The molecule has 4 heteroatoms. The Hall–Kier alpha value is -1.68. The lowest BCUT2D eigenvalue weighted by Crippen LogP contribution is -2.15. The molecule has 0 aliphatic heterocycles. The van der Waals surface area contributed by atoms with Gasteiger partial charge >= 0.3 is 0 Å². The molecule has 0 aliphatic carbocycles. The van der Waals surface area contributed by atoms with Gasteiger partial charge in [-0.25, -0.2) is 0 Å². The van der Waals surface area contributed by atoms with Gasteiger partial charge in [0.25, 0.3) is 0 Å². The van der Waals surface area contributed by atoms with E-state index in [9.17, 15) is 0 Å². The number of hydrogen-bond donors (Lipinski definition) is 1. The molecule has 0 spiro atoms. The Bertz CT molecular complexity index is 407. The number of nitrogens with zero attached hydrogens (tertiary/aromatic N) is 3. The van der Waals surface area contributed by atoms with E-state index < -0.39 is 0 Å². The molecule has 2 N–H and O–H groups in total. The molecule has 1 unspecified atom stereocenters. The van der Waals surface area contributed by atoms with Crippen molar-refractivity contribution in [3.05, 3.63) is 47.8 Å². The summed E-state index contributed by atoms with van der Waals surface area (Å²) in [5, 5.41) is 7.65. The van der Waals surface area contributed by atoms with E-state index in [0.29, 0.717) is 0 Å². The van der Waals surface area contributed by atoms with Gasteiger partial charge in [-0.15, -0.1) is 5.10 Å². The molecule has 1 aromatic heterocycles. The molecule has 2 rings (SSSR count). The van der Waals surface area contributed by atoms with Gasteiger partial charge in [0.05, 0.1) is 17.9 Å². The zero-order chi connectivity index (χ0) is 9.97. The first-order valence-corrected chi connectivity index (χ1v) is 4.44. The zero-order valence-corrected chi connectivity index (χ0v) is 7.96. The second kappa shape index (κ2) is 3.59. The van der Waals surface area contributed by atoms with Crippen LogP contribution in [0.4, 0.5) is 0 Å². The van der Waals surface area contributed by atoms with Crippen molar-refractivity contribution in [1.29, 1.82) is 0 Å². The van der Waals surface area contributed by atoms with Crippen LogP contribution in [0.5, 0.6) is 0 Å². The smallest absolute Gasteiger partial charge is 0.0796 e. The first-order chi connectivity index (χ1) is 6.79. The summed E-state index contributed by atoms with van der Waals surface area (Å²) in [6.07, 6.45) is 1.69. The lowest BCUT2D eigenvalue weighted by Gasteiger charge is -2.10. The largest absolute Gasteiger partial charge is 0.319 e. The molecule has 0 aliphatic rings. The normalized spacial score (nSPS) is 12.7. The van der Waals surface area contributed by atoms with E-state index in [-0.39, 0.29) is 6.04 Å². The van der Waals surface area contributed by atoms with Crippen LogP contribution in [0.3, 0.4) is 0 Å². The fraction of sp³-hybridized carbons (Fsp3) is 0.200. The third-order valence-corrected chi connectivity index (χ3v) is 2.23. The summed E-state index contributed by atoms with van der Waals surface area (Å²) in [5.41, 5.74) is 8.04. The predicted molar refractivity (Wildman–Crippen MR) is 53.5 cm³/mol. The summed E-state index contributed by atoms with van der Waals surface area (Å²) in [6, 6.07) is 9.75. The summed E-state index contributed by atoms with van der Waals surface area (Å²) in [6.45, 7) is 0. The van der Waals surface area contributed by atoms with Crippen LogP contribution < -0.4 is 5.73 Å². The van der Waals surface area contributed by atoms with Crippen molar-refractivity contribution in [2.24, 2.45) is 12.8 Å². The van der Waals surface area contributed by atoms with E-state index in [0.717, 1.165) is 11.3 Å². The van der Waals surface area contributed by atoms with E-state index in [1.165, 1.54) is 0 Å². The van der Waals surface area contributed by atoms with Gasteiger partial charge in [-0.3, -0.25) is 4.68 Å². The number of aryl methyl sites for hydroxylation is 1. The number of nitrogens with two attached hydrogens (primary N) is 1. The second-order valence-electron chi connectivity index (χ2n) is 3.17. The zero-order valence-electron chi connectivity index (χ0n) is 7.96. The Kier molecular flexibility index (Phi) is 2.28. The van der Waals surface area contributed by atoms with Crippen molar-refractivity contribution in [3.63, 3.8) is 0 Å². The molecular weight excluding hydrogens is 176 g/mol. The van der Waals surface area contributed by atoms with Gasteiger partial charge < -0.3 is 5.73 Å². The second-order valence-corrected chi connectivity index (χ2v) is 3.17. The van der Waals surface area contributed by atoms with Crippen LogP contribution in [0.2, 0.25) is 0 Å². The molecule has 2 aromatic rings. The minimum absolute atomic E-state index is 0.156. The molecule has 4 nitrogen and oxygen atoms in total. The van der Waals surface area contributed by atoms with Crippen molar-refractivity contribution in [1.82, 2.24) is 15.0 Å². The van der Waals surface area contributed by atoms with Crippen molar-refractivity contribution >= 4 is 0 Å². The van der Waals surface area contributed by atoms with Gasteiger partial charge in [-0.2, -0.15) is 0 Å². The highest BCUT2D eigenvalue weighted by atomic mass is 15.4. The third kappa shape index (κ3) is 1.52. The molecule has 0 saturated carbocycles. The van der Waals surface area contributed by atoms with Crippen LogP contribution in [0, 0.1) is 0 Å². The first kappa shape index (κ1) is 8.90. The number of rotatable bonds is 2. The van der Waals surface area contributed by atoms with Crippen LogP contribution in [-0.2, 0) is 7.05 Å². The summed E-state index contributed by atoms with van der Waals surface area (Å²) in [4.78, 5) is 0. The SMILES string of the molecule is Cn1nncc1C(N)c1ccccc1. The van der Waals surface area contributed by atoms with Crippen molar-refractivity contribution in [2.75, 3.05) is 0 Å². The Morgan fingerprint density at radius 2 is 2.00 bits per heavy atom. The predicted octanol–water partition coefficient (Wildman–Crippen LogP) is 0.863. The van der Waals surface area contributed by atoms with Gasteiger partial charge in [0.2, 0.25) is 0 Å². The minimum Gasteiger partial charge on any atom is -0.319 e. The van der Waals surface area contributed by atoms with Crippen molar-refractivity contribution < 1.29 is 0 Å². The van der Waals surface area contributed by atoms with Crippen LogP contribution >= 0.6 is 0 Å². The molecule has 0 saturated heterocycles. The topological polar surface area (TPSA) is 56.7 Å². The Morgan fingerprint density at radius 3 is 2.57 bits per heavy atom. The van der Waals surface area contributed by atoms with Gasteiger partial charge in [-0.1, -0.05) is 35.5 Å². The van der Waals surface area contributed by atoms with Crippen molar-refractivity contribution in [3.8, 4) is 0 Å². The van der Waals surface area contributed by atoms with Gasteiger partial charge in [0, 0.05) is 7.05 Å². The maximum atomic E-state index is 6.06. The van der Waals surface area contributed by atoms with Crippen LogP contribution in [0.15, 0.2) is 36.5 Å². The van der Waals surface area contributed by atoms with Crippen LogP contribution in [0.1, 0.15) is 17.3 Å². The van der Waals surface area contributed by atoms with E-state index in [4.69, 9.17) is 5.73 Å². The van der Waals surface area contributed by atoms with E-state index in [1.807, 2.05) is 37.4 Å². The van der Waals surface area contributed by atoms with Crippen LogP contribution in [0.25, 0.3) is 0 Å². The molecule has 0 radical (unpaired) electrons. The monoisotopic (exact) mass is 188 g/mol. The quantitative estimate of drug-likeness (QED) is 0.760. The summed E-state index contributed by atoms with van der Waals surface area (Å²) >= 11 is 0. The fourth-order valence-corrected chi connectivity index (χ4v) is 1.41. The standard InChI is InChI=1S/C10H12N4/c1-14-9(7-12-13-14)10(11)8-5-3-2-4-6-8/h2-7,10H,11H2,1H3. The lowest BCUT2D eigenvalue weighted by atomic mass is 10.1. The Balaban J connectivity index is 2.34. The maximum absolute atomic E-state index is 6.06. The molecule has 1 aromatic carbocycles. The average Bonchev–Trinajstić information content (AvgIpc) is 2.65. The van der Waals surface area contributed by atoms with Gasteiger partial charge in [0.15, 0.2) is 0 Å². The lowest BCUT2D eigenvalue weighted by molar-refractivity contribution is 0.651. The highest BCUT2D eigenvalue weighted by Crippen LogP contribution is 2.16. The molecule has 1 heterocycles. The number of hydrogen-bond acceptors (Lipinski definition) is 3. The Labute approximate surface area is 82.4 Å². The molecule has 72 valence electrons. The molecule has 0 fully saturated rings. The highest BCUT2D eigenvalue weighted by Gasteiger charge is 2.12. The van der Waals surface area contributed by atoms with Crippen LogP contribution in [-0.4, -0.2) is 15.0 Å². The van der Waals surface area contributed by atoms with Gasteiger partial charge in [0.1, 0.15) is 0 Å². The fourth-order valence-electron chi connectivity index (χ4n) is 1.41. The maximum Gasteiger partial charge on any atom is 0.0796 e. The first-order valence-electron chi connectivity index (χ1n) is 4.44. The van der Waals surface area contributed by atoms with E-state index in [2.05, 4.69) is 10.3 Å². The van der Waals surface area contributed by atoms with E-state index >= 15 is 0 Å². The molecular formula is C10H12N4. The summed E-state index contributed by atoms with van der Waals surface area (Å²) < 4.78 is 1.69. The molecule has 14 heavy (non-hydrogen) atoms. The summed E-state index contributed by atoms with van der Waals surface area (Å²) in [7, 11) is 1.84. The molecule has 0 bridgehead atoms. The minimum atomic E-state index is -0.156.